The summed E-state index contributed by atoms with van der Waals surface area (Å²) in [5.41, 5.74) is 0.598. The van der Waals surface area contributed by atoms with E-state index in [4.69, 9.17) is 21.1 Å². The summed E-state index contributed by atoms with van der Waals surface area (Å²) in [5.74, 6) is -0.395. The van der Waals surface area contributed by atoms with Crippen molar-refractivity contribution in [1.29, 1.82) is 0 Å². The number of nitrogens with one attached hydrogen (secondary N) is 1. The molecule has 0 saturated carbocycles. The summed E-state index contributed by atoms with van der Waals surface area (Å²) in [6.45, 7) is 1.57. The fraction of sp³-hybridized carbons (Fsp3) is 0.353. The topological polar surface area (TPSA) is 43.4 Å². The number of methoxy groups -OCH3 is 1. The largest absolute Gasteiger partial charge is 0.493 e. The summed E-state index contributed by atoms with van der Waals surface area (Å²) < 4.78 is 38.7. The average molecular weight is 355 g/mol. The standard InChI is InChI=1S/C17H17ClF2N2O2/c1-23-15-5-13(18)14(20)6-16(15)24-17(10-2-3-21-7-10)11-4-12(19)9-22-8-11/h4-6,8-10,17,21H,2-3,7H2,1H3/t10-,17+/m0/s1. The van der Waals surface area contributed by atoms with Crippen molar-refractivity contribution in [3.05, 3.63) is 52.8 Å². The van der Waals surface area contributed by atoms with Crippen LogP contribution in [0, 0.1) is 17.6 Å². The number of pyridine rings is 1. The third-order valence-electron chi connectivity index (χ3n) is 4.04. The van der Waals surface area contributed by atoms with Crippen LogP contribution in [0.4, 0.5) is 8.78 Å². The molecule has 0 spiro atoms. The van der Waals surface area contributed by atoms with E-state index in [0.29, 0.717) is 11.3 Å². The van der Waals surface area contributed by atoms with Gasteiger partial charge >= 0.3 is 0 Å². The molecule has 1 aromatic heterocycles. The summed E-state index contributed by atoms with van der Waals surface area (Å²) in [4.78, 5) is 3.89. The summed E-state index contributed by atoms with van der Waals surface area (Å²) in [6, 6.07) is 3.93. The van der Waals surface area contributed by atoms with E-state index in [2.05, 4.69) is 10.3 Å². The molecule has 0 unspecified atom stereocenters. The lowest BCUT2D eigenvalue weighted by atomic mass is 9.95. The number of rotatable bonds is 5. The number of benzene rings is 1. The van der Waals surface area contributed by atoms with Crippen molar-refractivity contribution in [1.82, 2.24) is 10.3 Å². The van der Waals surface area contributed by atoms with Gasteiger partial charge in [0.15, 0.2) is 11.5 Å². The molecule has 128 valence electrons. The minimum Gasteiger partial charge on any atom is -0.493 e. The maximum Gasteiger partial charge on any atom is 0.165 e. The number of ether oxygens (including phenoxy) is 2. The van der Waals surface area contributed by atoms with Crippen LogP contribution in [0.1, 0.15) is 18.1 Å². The molecule has 1 aliphatic heterocycles. The van der Waals surface area contributed by atoms with Crippen LogP contribution in [0.15, 0.2) is 30.6 Å². The molecule has 0 radical (unpaired) electrons. The van der Waals surface area contributed by atoms with Gasteiger partial charge in [0.25, 0.3) is 0 Å². The van der Waals surface area contributed by atoms with Crippen LogP contribution in [0.2, 0.25) is 5.02 Å². The molecule has 0 aliphatic carbocycles. The Morgan fingerprint density at radius 3 is 2.75 bits per heavy atom. The second kappa shape index (κ2) is 7.32. The van der Waals surface area contributed by atoms with Gasteiger partial charge in [-0.3, -0.25) is 4.98 Å². The maximum atomic E-state index is 13.8. The molecule has 1 N–H and O–H groups in total. The SMILES string of the molecule is COc1cc(Cl)c(F)cc1O[C@@H](c1cncc(F)c1)[C@H]1CCNC1. The third-order valence-corrected chi connectivity index (χ3v) is 4.33. The highest BCUT2D eigenvalue weighted by atomic mass is 35.5. The Hall–Kier alpha value is -1.92. The first kappa shape index (κ1) is 16.9. The Morgan fingerprint density at radius 2 is 2.08 bits per heavy atom. The van der Waals surface area contributed by atoms with E-state index in [1.54, 1.807) is 6.20 Å². The number of hydrogen-bond acceptors (Lipinski definition) is 4. The molecule has 1 saturated heterocycles. The maximum absolute atomic E-state index is 13.8. The summed E-state index contributed by atoms with van der Waals surface area (Å²) >= 11 is 5.79. The van der Waals surface area contributed by atoms with Crippen LogP contribution < -0.4 is 14.8 Å². The zero-order valence-corrected chi connectivity index (χ0v) is 13.8. The number of halogens is 3. The second-order valence-electron chi connectivity index (χ2n) is 5.64. The van der Waals surface area contributed by atoms with E-state index in [-0.39, 0.29) is 16.7 Å². The summed E-state index contributed by atoms with van der Waals surface area (Å²) in [7, 11) is 1.45. The number of hydrogen-bond donors (Lipinski definition) is 1. The fourth-order valence-electron chi connectivity index (χ4n) is 2.85. The molecule has 24 heavy (non-hydrogen) atoms. The van der Waals surface area contributed by atoms with Gasteiger partial charge in [-0.05, 0) is 19.0 Å². The zero-order valence-electron chi connectivity index (χ0n) is 13.1. The Labute approximate surface area is 143 Å². The lowest BCUT2D eigenvalue weighted by Gasteiger charge is -2.25. The van der Waals surface area contributed by atoms with Gasteiger partial charge in [-0.15, -0.1) is 0 Å². The average Bonchev–Trinajstić information content (AvgIpc) is 3.09. The van der Waals surface area contributed by atoms with E-state index in [0.717, 1.165) is 25.7 Å². The fourth-order valence-corrected chi connectivity index (χ4v) is 3.01. The molecule has 0 bridgehead atoms. The van der Waals surface area contributed by atoms with Gasteiger partial charge in [-0.25, -0.2) is 8.78 Å². The molecule has 2 heterocycles. The summed E-state index contributed by atoms with van der Waals surface area (Å²) in [6.07, 6.45) is 3.08. The van der Waals surface area contributed by atoms with E-state index in [1.807, 2.05) is 0 Å². The molecule has 3 rings (SSSR count). The third kappa shape index (κ3) is 3.60. The highest BCUT2D eigenvalue weighted by Crippen LogP contribution is 2.38. The van der Waals surface area contributed by atoms with E-state index in [9.17, 15) is 8.78 Å². The number of aromatic nitrogens is 1. The van der Waals surface area contributed by atoms with Crippen molar-refractivity contribution < 1.29 is 18.3 Å². The van der Waals surface area contributed by atoms with Crippen LogP contribution >= 0.6 is 11.6 Å². The molecule has 4 nitrogen and oxygen atoms in total. The smallest absolute Gasteiger partial charge is 0.165 e. The van der Waals surface area contributed by atoms with Crippen LogP contribution in [-0.2, 0) is 0 Å². The number of nitrogens with zero attached hydrogens (tertiary/aromatic N) is 1. The van der Waals surface area contributed by atoms with Crippen molar-refractivity contribution in [3.8, 4) is 11.5 Å². The first-order chi connectivity index (χ1) is 11.6. The van der Waals surface area contributed by atoms with Crippen molar-refractivity contribution in [2.45, 2.75) is 12.5 Å². The van der Waals surface area contributed by atoms with Crippen molar-refractivity contribution in [3.63, 3.8) is 0 Å². The molecule has 1 fully saturated rings. The molecule has 2 aromatic rings. The predicted octanol–water partition coefficient (Wildman–Crippen LogP) is 3.75. The Kier molecular flexibility index (Phi) is 5.16. The van der Waals surface area contributed by atoms with Gasteiger partial charge in [-0.2, -0.15) is 0 Å². The van der Waals surface area contributed by atoms with Crippen LogP contribution in [0.5, 0.6) is 11.5 Å². The molecular weight excluding hydrogens is 338 g/mol. The van der Waals surface area contributed by atoms with Crippen molar-refractivity contribution >= 4 is 11.6 Å². The monoisotopic (exact) mass is 354 g/mol. The normalized spacial score (nSPS) is 18.4. The second-order valence-corrected chi connectivity index (χ2v) is 6.05. The predicted molar refractivity (Wildman–Crippen MR) is 86.5 cm³/mol. The summed E-state index contributed by atoms with van der Waals surface area (Å²) in [5, 5.41) is 3.20. The van der Waals surface area contributed by atoms with E-state index >= 15 is 0 Å². The van der Waals surface area contributed by atoms with E-state index < -0.39 is 17.7 Å². The van der Waals surface area contributed by atoms with Gasteiger partial charge in [0.2, 0.25) is 0 Å². The highest BCUT2D eigenvalue weighted by Gasteiger charge is 2.30. The zero-order chi connectivity index (χ0) is 17.1. The Morgan fingerprint density at radius 1 is 1.25 bits per heavy atom. The lowest BCUT2D eigenvalue weighted by Crippen LogP contribution is -2.22. The van der Waals surface area contributed by atoms with Crippen molar-refractivity contribution in [2.75, 3.05) is 20.2 Å². The molecule has 0 amide bonds. The van der Waals surface area contributed by atoms with Crippen LogP contribution in [-0.4, -0.2) is 25.2 Å². The first-order valence-corrected chi connectivity index (χ1v) is 7.97. The van der Waals surface area contributed by atoms with Gasteiger partial charge in [0.1, 0.15) is 17.7 Å². The quantitative estimate of drug-likeness (QED) is 0.888. The molecule has 1 aliphatic rings. The minimum atomic E-state index is -0.604. The first-order valence-electron chi connectivity index (χ1n) is 7.59. The van der Waals surface area contributed by atoms with Crippen LogP contribution in [0.25, 0.3) is 0 Å². The Balaban J connectivity index is 1.96. The van der Waals surface area contributed by atoms with Gasteiger partial charge in [-0.1, -0.05) is 11.6 Å². The van der Waals surface area contributed by atoms with Gasteiger partial charge in [0.05, 0.1) is 18.3 Å². The van der Waals surface area contributed by atoms with Gasteiger partial charge in [0, 0.05) is 36.4 Å². The van der Waals surface area contributed by atoms with Crippen molar-refractivity contribution in [2.24, 2.45) is 5.92 Å². The van der Waals surface area contributed by atoms with Crippen LogP contribution in [0.3, 0.4) is 0 Å². The van der Waals surface area contributed by atoms with E-state index in [1.165, 1.54) is 25.3 Å². The molecular formula is C17H17ClF2N2O2. The molecule has 7 heteroatoms. The molecule has 1 aromatic carbocycles. The van der Waals surface area contributed by atoms with Gasteiger partial charge < -0.3 is 14.8 Å². The Bertz CT molecular complexity index is 724. The minimum absolute atomic E-state index is 0.0503. The molecule has 2 atom stereocenters. The lowest BCUT2D eigenvalue weighted by molar-refractivity contribution is 0.138. The highest BCUT2D eigenvalue weighted by molar-refractivity contribution is 6.30.